The normalized spacial score (nSPS) is 23.7. The van der Waals surface area contributed by atoms with E-state index in [1.165, 1.54) is 16.9 Å². The Labute approximate surface area is 275 Å². The Bertz CT molecular complexity index is 1490. The van der Waals surface area contributed by atoms with E-state index in [0.717, 1.165) is 5.56 Å². The summed E-state index contributed by atoms with van der Waals surface area (Å²) in [7, 11) is -2.23. The molecule has 3 heterocycles. The van der Waals surface area contributed by atoms with Crippen LogP contribution in [0, 0.1) is 5.92 Å². The highest BCUT2D eigenvalue weighted by molar-refractivity contribution is 6.72. The van der Waals surface area contributed by atoms with Crippen molar-refractivity contribution in [3.8, 4) is 0 Å². The van der Waals surface area contributed by atoms with Gasteiger partial charge in [-0.3, -0.25) is 19.3 Å². The van der Waals surface area contributed by atoms with Gasteiger partial charge >= 0.3 is 12.1 Å². The van der Waals surface area contributed by atoms with Crippen molar-refractivity contribution < 1.29 is 42.6 Å². The molecule has 2 saturated heterocycles. The second-order valence-electron chi connectivity index (χ2n) is 13.0. The maximum Gasteiger partial charge on any atom is 0.414 e. The van der Waals surface area contributed by atoms with Crippen LogP contribution in [-0.4, -0.2) is 88.4 Å². The molecule has 3 amide bonds. The molecular formula is C34H44FN3O8Si. The summed E-state index contributed by atoms with van der Waals surface area (Å²) in [6.07, 6.45) is -0.346. The number of esters is 1. The number of hydrogen-bond acceptors (Lipinski definition) is 8. The number of ether oxygens (including phenoxy) is 3. The molecule has 13 heteroatoms. The maximum atomic E-state index is 16.4. The van der Waals surface area contributed by atoms with Gasteiger partial charge in [-0.2, -0.15) is 0 Å². The largest absolute Gasteiger partial charge is 0.469 e. The number of aliphatic hydroxyl groups excluding tert-OH is 1. The summed E-state index contributed by atoms with van der Waals surface area (Å²) in [6.45, 7) is 5.96. The minimum absolute atomic E-state index is 0.0959. The number of halogens is 1. The number of carbonyl (C=O) groups is 4. The summed E-state index contributed by atoms with van der Waals surface area (Å²) in [5, 5.41) is 9.77. The Balaban J connectivity index is 1.50. The van der Waals surface area contributed by atoms with E-state index in [1.54, 1.807) is 36.2 Å². The summed E-state index contributed by atoms with van der Waals surface area (Å²) in [5.41, 5.74) is 0.229. The molecule has 1 spiro atoms. The first-order valence-electron chi connectivity index (χ1n) is 16.2. The quantitative estimate of drug-likeness (QED) is 0.143. The molecule has 0 radical (unpaired) electrons. The van der Waals surface area contributed by atoms with Crippen LogP contribution < -0.4 is 9.80 Å². The van der Waals surface area contributed by atoms with Gasteiger partial charge in [-0.1, -0.05) is 37.3 Å². The number of hydrogen-bond donors (Lipinski definition) is 1. The van der Waals surface area contributed by atoms with Crippen LogP contribution in [0.4, 0.5) is 20.3 Å². The topological polar surface area (TPSA) is 126 Å². The van der Waals surface area contributed by atoms with Crippen molar-refractivity contribution in [1.82, 2.24) is 4.90 Å². The van der Waals surface area contributed by atoms with Crippen LogP contribution >= 0.6 is 0 Å². The lowest BCUT2D eigenvalue weighted by atomic mass is 9.82. The first-order chi connectivity index (χ1) is 22.4. The van der Waals surface area contributed by atoms with Gasteiger partial charge in [0, 0.05) is 48.8 Å². The molecule has 3 aliphatic rings. The first kappa shape index (κ1) is 34.5. The minimum Gasteiger partial charge on any atom is -0.469 e. The van der Waals surface area contributed by atoms with E-state index in [9.17, 15) is 24.3 Å². The van der Waals surface area contributed by atoms with E-state index >= 15 is 4.11 Å². The Morgan fingerprint density at radius 1 is 1.15 bits per heavy atom. The molecule has 0 bridgehead atoms. The van der Waals surface area contributed by atoms with Gasteiger partial charge in [0.1, 0.15) is 6.61 Å². The zero-order valence-electron chi connectivity index (χ0n) is 27.4. The minimum atomic E-state index is -3.56. The van der Waals surface area contributed by atoms with E-state index in [1.807, 2.05) is 37.3 Å². The van der Waals surface area contributed by atoms with Gasteiger partial charge in [0.05, 0.1) is 38.5 Å². The second-order valence-corrected chi connectivity index (χ2v) is 16.8. The summed E-state index contributed by atoms with van der Waals surface area (Å²) in [4.78, 5) is 57.3. The maximum absolute atomic E-state index is 16.4. The highest BCUT2D eigenvalue weighted by atomic mass is 28.4. The number of anilines is 2. The van der Waals surface area contributed by atoms with Crippen LogP contribution in [0.2, 0.25) is 18.6 Å². The van der Waals surface area contributed by atoms with Gasteiger partial charge < -0.3 is 33.2 Å². The number of nitrogens with zero attached hydrogens (tertiary/aromatic N) is 3. The van der Waals surface area contributed by atoms with Crippen LogP contribution in [0.1, 0.15) is 43.7 Å². The molecule has 5 rings (SSSR count). The van der Waals surface area contributed by atoms with Gasteiger partial charge in [-0.05, 0) is 49.7 Å². The van der Waals surface area contributed by atoms with E-state index in [4.69, 9.17) is 14.2 Å². The van der Waals surface area contributed by atoms with Gasteiger partial charge in [-0.15, -0.1) is 0 Å². The molecule has 4 atom stereocenters. The van der Waals surface area contributed by atoms with Crippen molar-refractivity contribution in [2.45, 2.75) is 69.5 Å². The summed E-state index contributed by atoms with van der Waals surface area (Å²) < 4.78 is 33.1. The lowest BCUT2D eigenvalue weighted by Gasteiger charge is -2.31. The van der Waals surface area contributed by atoms with Crippen LogP contribution in [0.25, 0.3) is 0 Å². The Hall–Kier alpha value is -3.81. The third-order valence-corrected chi connectivity index (χ3v) is 12.0. The Morgan fingerprint density at radius 3 is 2.53 bits per heavy atom. The number of amides is 3. The monoisotopic (exact) mass is 669 g/mol. The lowest BCUT2D eigenvalue weighted by Crippen LogP contribution is -2.45. The number of cyclic esters (lactones) is 1. The number of aliphatic hydroxyl groups is 1. The number of unbranched alkanes of at least 4 members (excludes halogenated alkanes) is 1. The van der Waals surface area contributed by atoms with E-state index in [0.29, 0.717) is 36.3 Å². The molecule has 0 saturated carbocycles. The molecule has 47 heavy (non-hydrogen) atoms. The second kappa shape index (κ2) is 14.1. The molecule has 1 N–H and O–H groups in total. The molecule has 2 aromatic carbocycles. The van der Waals surface area contributed by atoms with Crippen molar-refractivity contribution in [3.05, 3.63) is 59.7 Å². The van der Waals surface area contributed by atoms with E-state index in [-0.39, 0.29) is 63.5 Å². The molecule has 3 aliphatic heterocycles. The predicted octanol–water partition coefficient (Wildman–Crippen LogP) is 4.52. The van der Waals surface area contributed by atoms with Crippen molar-refractivity contribution >= 4 is 43.7 Å². The fourth-order valence-electron chi connectivity index (χ4n) is 7.41. The number of rotatable bonds is 13. The van der Waals surface area contributed by atoms with Crippen LogP contribution in [0.15, 0.2) is 48.5 Å². The van der Waals surface area contributed by atoms with Gasteiger partial charge in [0.25, 0.3) is 5.91 Å². The third-order valence-electron chi connectivity index (χ3n) is 9.57. The number of carbonyl (C=O) groups excluding carboxylic acids is 4. The van der Waals surface area contributed by atoms with Crippen LogP contribution in [-0.2, 0) is 40.7 Å². The standard InChI is InChI=1S/C34H44FN3O8Si/c1-23-31(47(3,4)35)28(21-29(40)36(16-18-39)22-24-10-6-5-7-11-24)46-34(23)26-20-25(37-17-19-45-33(37)43)13-14-27(26)38(32(34)42)15-9-8-12-30(41)44-2/h5-7,10-11,13-14,20,23,28,31,39H,8-9,12,15-19,21-22H2,1-4H3/t23-,28+,31-,34+/m0/s1. The summed E-state index contributed by atoms with van der Waals surface area (Å²) in [6, 6.07) is 14.7. The molecule has 11 nitrogen and oxygen atoms in total. The molecule has 0 aromatic heterocycles. The molecule has 0 aliphatic carbocycles. The summed E-state index contributed by atoms with van der Waals surface area (Å²) >= 11 is 0. The number of benzene rings is 2. The van der Waals surface area contributed by atoms with Gasteiger partial charge in [0.2, 0.25) is 14.3 Å². The van der Waals surface area contributed by atoms with Crippen molar-refractivity contribution in [2.24, 2.45) is 5.92 Å². The van der Waals surface area contributed by atoms with Crippen LogP contribution in [0.3, 0.4) is 0 Å². The van der Waals surface area contributed by atoms with Crippen LogP contribution in [0.5, 0.6) is 0 Å². The highest BCUT2D eigenvalue weighted by Gasteiger charge is 2.67. The first-order valence-corrected chi connectivity index (χ1v) is 19.1. The zero-order chi connectivity index (χ0) is 33.9. The molecule has 0 unspecified atom stereocenters. The Kier molecular flexibility index (Phi) is 10.4. The molecule has 254 valence electrons. The van der Waals surface area contributed by atoms with Crippen molar-refractivity contribution in [3.63, 3.8) is 0 Å². The number of methoxy groups -OCH3 is 1. The highest BCUT2D eigenvalue weighted by Crippen LogP contribution is 2.60. The van der Waals surface area contributed by atoms with Gasteiger partial charge in [-0.25, -0.2) is 4.79 Å². The summed E-state index contributed by atoms with van der Waals surface area (Å²) in [5.74, 6) is -1.63. The smallest absolute Gasteiger partial charge is 0.414 e. The SMILES string of the molecule is COC(=O)CCCCN1C(=O)[C@]2(O[C@H](CC(=O)N(CCO)Cc3ccccc3)[C@@H]([Si](C)(C)F)[C@@H]2C)c2cc(N3CCOC3=O)ccc21. The fraction of sp³-hybridized carbons (Fsp3) is 0.529. The fourth-order valence-corrected chi connectivity index (χ4v) is 9.91. The predicted molar refractivity (Wildman–Crippen MR) is 175 cm³/mol. The third kappa shape index (κ3) is 6.79. The van der Waals surface area contributed by atoms with E-state index < -0.39 is 37.7 Å². The van der Waals surface area contributed by atoms with Crippen molar-refractivity contribution in [1.29, 1.82) is 0 Å². The lowest BCUT2D eigenvalue weighted by molar-refractivity contribution is -0.149. The zero-order valence-corrected chi connectivity index (χ0v) is 28.4. The molecule has 2 aromatic rings. The van der Waals surface area contributed by atoms with Gasteiger partial charge in [0.15, 0.2) is 5.60 Å². The van der Waals surface area contributed by atoms with E-state index in [2.05, 4.69) is 0 Å². The average molecular weight is 670 g/mol. The number of fused-ring (bicyclic) bond motifs is 2. The molecular weight excluding hydrogens is 625 g/mol. The molecule has 2 fully saturated rings. The average Bonchev–Trinajstić information content (AvgIpc) is 3.67. The van der Waals surface area contributed by atoms with Crippen molar-refractivity contribution in [2.75, 3.05) is 49.8 Å². The Morgan fingerprint density at radius 2 is 1.89 bits per heavy atom.